The molecule has 1 saturated heterocycles. The van der Waals surface area contributed by atoms with Gasteiger partial charge in [0.1, 0.15) is 5.75 Å². The predicted octanol–water partition coefficient (Wildman–Crippen LogP) is 3.81. The third-order valence-electron chi connectivity index (χ3n) is 5.06. The van der Waals surface area contributed by atoms with Crippen molar-refractivity contribution in [3.8, 4) is 5.75 Å². The van der Waals surface area contributed by atoms with Crippen molar-refractivity contribution in [2.24, 2.45) is 0 Å². The molecule has 1 heterocycles. The van der Waals surface area contributed by atoms with Gasteiger partial charge in [-0.3, -0.25) is 0 Å². The molecule has 27 heavy (non-hydrogen) atoms. The quantitative estimate of drug-likeness (QED) is 0.896. The van der Waals surface area contributed by atoms with E-state index in [0.29, 0.717) is 13.1 Å². The summed E-state index contributed by atoms with van der Waals surface area (Å²) in [4.78, 5) is 16.6. The van der Waals surface area contributed by atoms with Crippen LogP contribution >= 0.6 is 0 Å². The molecule has 5 nitrogen and oxygen atoms in total. The molecule has 0 aliphatic carbocycles. The Labute approximate surface area is 161 Å². The van der Waals surface area contributed by atoms with Gasteiger partial charge in [0.2, 0.25) is 0 Å². The summed E-state index contributed by atoms with van der Waals surface area (Å²) in [5.41, 5.74) is 4.87. The van der Waals surface area contributed by atoms with Crippen LogP contribution in [0.3, 0.4) is 0 Å². The number of hydrogen-bond acceptors (Lipinski definition) is 3. The Hall–Kier alpha value is -2.95. The van der Waals surface area contributed by atoms with Crippen molar-refractivity contribution in [2.45, 2.75) is 13.8 Å². The zero-order valence-corrected chi connectivity index (χ0v) is 16.2. The highest BCUT2D eigenvalue weighted by Crippen LogP contribution is 2.23. The zero-order valence-electron chi connectivity index (χ0n) is 16.2. The highest BCUT2D eigenvalue weighted by atomic mass is 16.5. The molecule has 2 aromatic rings. The lowest BCUT2D eigenvalue weighted by Gasteiger charge is -2.36. The summed E-state index contributed by atoms with van der Waals surface area (Å²) in [6.45, 7) is 7.41. The number of hydrogen-bond donors (Lipinski definition) is 1. The molecule has 0 unspecified atom stereocenters. The van der Waals surface area contributed by atoms with Crippen LogP contribution in [0.5, 0.6) is 5.75 Å². The topological polar surface area (TPSA) is 44.8 Å². The number of carbonyl (C=O) groups excluding carboxylic acids is 1. The van der Waals surface area contributed by atoms with Gasteiger partial charge in [-0.25, -0.2) is 4.79 Å². The average molecular weight is 365 g/mol. The molecule has 3 rings (SSSR count). The van der Waals surface area contributed by atoms with E-state index in [2.05, 4.69) is 42.3 Å². The molecule has 142 valence electrons. The Bertz CT molecular complexity index is 824. The summed E-state index contributed by atoms with van der Waals surface area (Å²) in [6.07, 6.45) is 3.56. The van der Waals surface area contributed by atoms with E-state index in [1.165, 1.54) is 16.8 Å². The van der Waals surface area contributed by atoms with Gasteiger partial charge < -0.3 is 19.9 Å². The number of amides is 2. The number of methoxy groups -OCH3 is 1. The third-order valence-corrected chi connectivity index (χ3v) is 5.06. The molecule has 0 spiro atoms. The fourth-order valence-electron chi connectivity index (χ4n) is 3.27. The summed E-state index contributed by atoms with van der Waals surface area (Å²) in [5.74, 6) is 0.797. The van der Waals surface area contributed by atoms with Gasteiger partial charge in [-0.05, 0) is 54.8 Å². The van der Waals surface area contributed by atoms with Crippen LogP contribution in [0.15, 0.2) is 48.7 Å². The number of nitrogens with one attached hydrogen (secondary N) is 1. The van der Waals surface area contributed by atoms with Crippen molar-refractivity contribution in [2.75, 3.05) is 38.2 Å². The van der Waals surface area contributed by atoms with E-state index in [4.69, 9.17) is 4.74 Å². The van der Waals surface area contributed by atoms with Gasteiger partial charge >= 0.3 is 6.03 Å². The van der Waals surface area contributed by atoms with Crippen LogP contribution in [0.4, 0.5) is 10.5 Å². The summed E-state index contributed by atoms with van der Waals surface area (Å²) < 4.78 is 5.21. The molecule has 5 heteroatoms. The van der Waals surface area contributed by atoms with Gasteiger partial charge in [-0.2, -0.15) is 0 Å². The standard InChI is InChI=1S/C22H27N3O2/c1-17-6-4-9-21(18(17)2)24-12-14-25(15-13-24)22(26)23-11-10-19-7-5-8-20(16-19)27-3/h4-11,16H,12-15H2,1-3H3,(H,23,26)/b11-10+. The molecule has 1 fully saturated rings. The summed E-state index contributed by atoms with van der Waals surface area (Å²) in [7, 11) is 1.64. The first-order valence-corrected chi connectivity index (χ1v) is 9.25. The average Bonchev–Trinajstić information content (AvgIpc) is 2.70. The largest absolute Gasteiger partial charge is 0.497 e. The first kappa shape index (κ1) is 18.8. The summed E-state index contributed by atoms with van der Waals surface area (Å²) in [6, 6.07) is 14.0. The van der Waals surface area contributed by atoms with E-state index in [-0.39, 0.29) is 6.03 Å². The van der Waals surface area contributed by atoms with Crippen LogP contribution in [-0.4, -0.2) is 44.2 Å². The summed E-state index contributed by atoms with van der Waals surface area (Å²) >= 11 is 0. The number of benzene rings is 2. The molecule has 1 N–H and O–H groups in total. The van der Waals surface area contributed by atoms with Gasteiger partial charge in [0.15, 0.2) is 0 Å². The second-order valence-corrected chi connectivity index (χ2v) is 6.75. The van der Waals surface area contributed by atoms with Gasteiger partial charge in [-0.1, -0.05) is 24.3 Å². The first-order chi connectivity index (χ1) is 13.1. The molecule has 1 aliphatic rings. The fourth-order valence-corrected chi connectivity index (χ4v) is 3.27. The Morgan fingerprint density at radius 3 is 2.56 bits per heavy atom. The normalized spacial score (nSPS) is 14.5. The van der Waals surface area contributed by atoms with Crippen molar-refractivity contribution in [3.63, 3.8) is 0 Å². The Balaban J connectivity index is 1.52. The van der Waals surface area contributed by atoms with Crippen molar-refractivity contribution in [3.05, 3.63) is 65.4 Å². The zero-order chi connectivity index (χ0) is 19.2. The lowest BCUT2D eigenvalue weighted by atomic mass is 10.1. The smallest absolute Gasteiger partial charge is 0.321 e. The van der Waals surface area contributed by atoms with Gasteiger partial charge in [0.25, 0.3) is 0 Å². The lowest BCUT2D eigenvalue weighted by Crippen LogP contribution is -2.51. The van der Waals surface area contributed by atoms with E-state index < -0.39 is 0 Å². The molecule has 0 aromatic heterocycles. The van der Waals surface area contributed by atoms with Gasteiger partial charge in [0.05, 0.1) is 7.11 Å². The van der Waals surface area contributed by atoms with Crippen LogP contribution in [0, 0.1) is 13.8 Å². The van der Waals surface area contributed by atoms with E-state index in [0.717, 1.165) is 24.4 Å². The van der Waals surface area contributed by atoms with E-state index in [1.54, 1.807) is 13.3 Å². The molecule has 1 aliphatic heterocycles. The minimum Gasteiger partial charge on any atom is -0.497 e. The number of ether oxygens (including phenoxy) is 1. The monoisotopic (exact) mass is 365 g/mol. The molecule has 0 saturated carbocycles. The minimum atomic E-state index is -0.0604. The molecule has 0 bridgehead atoms. The first-order valence-electron chi connectivity index (χ1n) is 9.25. The number of carbonyl (C=O) groups is 1. The van der Waals surface area contributed by atoms with Crippen molar-refractivity contribution < 1.29 is 9.53 Å². The fraction of sp³-hybridized carbons (Fsp3) is 0.318. The number of rotatable bonds is 4. The summed E-state index contributed by atoms with van der Waals surface area (Å²) in [5, 5.41) is 2.86. The maximum atomic E-state index is 12.4. The van der Waals surface area contributed by atoms with Crippen LogP contribution in [0.25, 0.3) is 6.08 Å². The molecule has 0 radical (unpaired) electrons. The third kappa shape index (κ3) is 4.61. The van der Waals surface area contributed by atoms with Crippen LogP contribution in [0.1, 0.15) is 16.7 Å². The Morgan fingerprint density at radius 1 is 1.07 bits per heavy atom. The van der Waals surface area contributed by atoms with E-state index >= 15 is 0 Å². The SMILES string of the molecule is COc1cccc(/C=C/NC(=O)N2CCN(c3cccc(C)c3C)CC2)c1. The predicted molar refractivity (Wildman–Crippen MR) is 110 cm³/mol. The number of nitrogens with zero attached hydrogens (tertiary/aromatic N) is 2. The number of anilines is 1. The number of urea groups is 1. The molecular formula is C22H27N3O2. The highest BCUT2D eigenvalue weighted by Gasteiger charge is 2.21. The second kappa shape index (κ2) is 8.62. The Morgan fingerprint density at radius 2 is 1.81 bits per heavy atom. The molecule has 2 amide bonds. The highest BCUT2D eigenvalue weighted by molar-refractivity contribution is 5.76. The van der Waals surface area contributed by atoms with Crippen LogP contribution in [-0.2, 0) is 0 Å². The number of aryl methyl sites for hydroxylation is 1. The van der Waals surface area contributed by atoms with Gasteiger partial charge in [0, 0.05) is 38.1 Å². The molecule has 2 aromatic carbocycles. The van der Waals surface area contributed by atoms with Crippen molar-refractivity contribution in [1.29, 1.82) is 0 Å². The van der Waals surface area contributed by atoms with Gasteiger partial charge in [-0.15, -0.1) is 0 Å². The maximum absolute atomic E-state index is 12.4. The molecular weight excluding hydrogens is 338 g/mol. The second-order valence-electron chi connectivity index (χ2n) is 6.75. The minimum absolute atomic E-state index is 0.0604. The number of piperazine rings is 1. The lowest BCUT2D eigenvalue weighted by molar-refractivity contribution is 0.198. The maximum Gasteiger partial charge on any atom is 0.321 e. The van der Waals surface area contributed by atoms with Crippen LogP contribution < -0.4 is 15.0 Å². The van der Waals surface area contributed by atoms with Crippen molar-refractivity contribution in [1.82, 2.24) is 10.2 Å². The Kier molecular flexibility index (Phi) is 6.01. The molecule has 0 atom stereocenters. The van der Waals surface area contributed by atoms with E-state index in [9.17, 15) is 4.79 Å². The van der Waals surface area contributed by atoms with Crippen LogP contribution in [0.2, 0.25) is 0 Å². The van der Waals surface area contributed by atoms with E-state index in [1.807, 2.05) is 35.2 Å². The van der Waals surface area contributed by atoms with Crippen molar-refractivity contribution >= 4 is 17.8 Å².